The van der Waals surface area contributed by atoms with Crippen molar-refractivity contribution >= 4 is 35.3 Å². The highest BCUT2D eigenvalue weighted by atomic mass is 16.6. The van der Waals surface area contributed by atoms with Gasteiger partial charge in [-0.05, 0) is 66.6 Å². The van der Waals surface area contributed by atoms with Crippen molar-refractivity contribution in [3.63, 3.8) is 0 Å². The van der Waals surface area contributed by atoms with Gasteiger partial charge < -0.3 is 24.6 Å². The summed E-state index contributed by atoms with van der Waals surface area (Å²) in [6.45, 7) is 5.27. The minimum atomic E-state index is -1.26. The third-order valence-corrected chi connectivity index (χ3v) is 5.37. The van der Waals surface area contributed by atoms with E-state index < -0.39 is 23.5 Å². The summed E-state index contributed by atoms with van der Waals surface area (Å²) in [5, 5.41) is 28.8. The first-order valence-corrected chi connectivity index (χ1v) is 12.6. The maximum Gasteiger partial charge on any atom is 0.417 e. The Morgan fingerprint density at radius 1 is 1.05 bits per heavy atom. The quantitative estimate of drug-likeness (QED) is 0.0838. The highest BCUT2D eigenvalue weighted by molar-refractivity contribution is 5.89. The van der Waals surface area contributed by atoms with Crippen LogP contribution in [0.15, 0.2) is 103 Å². The van der Waals surface area contributed by atoms with Gasteiger partial charge in [-0.1, -0.05) is 43.0 Å². The van der Waals surface area contributed by atoms with E-state index in [1.807, 2.05) is 0 Å². The third kappa shape index (κ3) is 10.6. The molecule has 0 saturated heterocycles. The number of rotatable bonds is 13. The van der Waals surface area contributed by atoms with Gasteiger partial charge in [0.25, 0.3) is 5.69 Å². The van der Waals surface area contributed by atoms with Gasteiger partial charge in [0.1, 0.15) is 12.4 Å². The highest BCUT2D eigenvalue weighted by Crippen LogP contribution is 2.21. The summed E-state index contributed by atoms with van der Waals surface area (Å²) >= 11 is 0. The van der Waals surface area contributed by atoms with Crippen LogP contribution in [0.25, 0.3) is 6.08 Å². The van der Waals surface area contributed by atoms with Gasteiger partial charge in [0.05, 0.1) is 17.2 Å². The van der Waals surface area contributed by atoms with Crippen LogP contribution in [0.1, 0.15) is 18.1 Å². The van der Waals surface area contributed by atoms with Gasteiger partial charge in [-0.2, -0.15) is 0 Å². The molecule has 3 aromatic carbocycles. The van der Waals surface area contributed by atoms with Gasteiger partial charge in [-0.15, -0.1) is 0 Å². The number of carbonyl (C=O) groups is 2. The number of anilines is 2. The molecule has 0 saturated carbocycles. The maximum absolute atomic E-state index is 12.5. The SMILES string of the molecule is C=C/C=C(\C)NC(O)OCc1ccc(NC(=O)Oc2ccccc2)c(/C=C/COC(=O)Nc2ccc([N+](=O)[O-])cc2)c1. The lowest BCUT2D eigenvalue weighted by Crippen LogP contribution is -2.29. The van der Waals surface area contributed by atoms with Gasteiger partial charge in [-0.25, -0.2) is 9.59 Å². The Balaban J connectivity index is 1.65. The Kier molecular flexibility index (Phi) is 11.8. The number of para-hydroxylation sites is 1. The van der Waals surface area contributed by atoms with Crippen molar-refractivity contribution in [3.8, 4) is 5.75 Å². The first-order valence-electron chi connectivity index (χ1n) is 12.6. The largest absolute Gasteiger partial charge is 0.445 e. The van der Waals surface area contributed by atoms with Crippen molar-refractivity contribution < 1.29 is 33.8 Å². The standard InChI is InChI=1S/C30H30N4O8/c1-3-8-21(2)31-28(35)41-20-22-12-17-27(33-30(37)42-26-10-5-4-6-11-26)23(19-22)9-7-18-40-29(36)32-24-13-15-25(16-14-24)34(38)39/h3-17,19,28,31,35H,1,18,20H2,2H3,(H,32,36)(H,33,37)/b9-7+,21-8+. The molecule has 0 aromatic heterocycles. The minimum absolute atomic E-state index is 0.0409. The highest BCUT2D eigenvalue weighted by Gasteiger charge is 2.11. The number of nitro groups is 1. The topological polar surface area (TPSA) is 161 Å². The molecule has 0 aliphatic heterocycles. The van der Waals surface area contributed by atoms with Gasteiger partial charge in [0.15, 0.2) is 0 Å². The summed E-state index contributed by atoms with van der Waals surface area (Å²) in [5.74, 6) is 0.367. The molecule has 42 heavy (non-hydrogen) atoms. The smallest absolute Gasteiger partial charge is 0.417 e. The molecule has 0 fully saturated rings. The lowest BCUT2D eigenvalue weighted by atomic mass is 10.1. The predicted molar refractivity (Wildman–Crippen MR) is 158 cm³/mol. The van der Waals surface area contributed by atoms with Crippen LogP contribution in [0.3, 0.4) is 0 Å². The Hall–Kier alpha value is -5.46. The van der Waals surface area contributed by atoms with Crippen molar-refractivity contribution in [1.82, 2.24) is 5.32 Å². The summed E-state index contributed by atoms with van der Waals surface area (Å²) in [5.41, 5.74) is 2.53. The monoisotopic (exact) mass is 574 g/mol. The Morgan fingerprint density at radius 2 is 1.79 bits per heavy atom. The van der Waals surface area contributed by atoms with Crippen molar-refractivity contribution in [3.05, 3.63) is 125 Å². The van der Waals surface area contributed by atoms with E-state index in [9.17, 15) is 24.8 Å². The average molecular weight is 575 g/mol. The molecule has 1 unspecified atom stereocenters. The fourth-order valence-electron chi connectivity index (χ4n) is 3.44. The van der Waals surface area contributed by atoms with Crippen LogP contribution in [0, 0.1) is 10.1 Å². The zero-order chi connectivity index (χ0) is 30.3. The Bertz CT molecular complexity index is 1440. The maximum atomic E-state index is 12.5. The second-order valence-electron chi connectivity index (χ2n) is 8.57. The molecule has 4 N–H and O–H groups in total. The molecule has 12 heteroatoms. The number of non-ortho nitro benzene ring substituents is 1. The first-order chi connectivity index (χ1) is 20.2. The predicted octanol–water partition coefficient (Wildman–Crippen LogP) is 5.94. The molecule has 1 atom stereocenters. The van der Waals surface area contributed by atoms with E-state index in [4.69, 9.17) is 14.2 Å². The van der Waals surface area contributed by atoms with Gasteiger partial charge in [0.2, 0.25) is 6.41 Å². The number of ether oxygens (including phenoxy) is 3. The molecule has 3 aromatic rings. The fourth-order valence-corrected chi connectivity index (χ4v) is 3.44. The zero-order valence-corrected chi connectivity index (χ0v) is 22.7. The number of nitrogens with one attached hydrogen (secondary N) is 3. The molecule has 2 amide bonds. The molecule has 0 aliphatic carbocycles. The van der Waals surface area contributed by atoms with E-state index in [1.165, 1.54) is 24.3 Å². The number of amides is 2. The Labute approximate surface area is 242 Å². The third-order valence-electron chi connectivity index (χ3n) is 5.37. The van der Waals surface area contributed by atoms with Crippen molar-refractivity contribution in [1.29, 1.82) is 0 Å². The number of nitro benzene ring substituents is 1. The van der Waals surface area contributed by atoms with Crippen molar-refractivity contribution in [2.45, 2.75) is 19.9 Å². The van der Waals surface area contributed by atoms with E-state index in [2.05, 4.69) is 22.5 Å². The van der Waals surface area contributed by atoms with Gasteiger partial charge in [-0.3, -0.25) is 20.7 Å². The average Bonchev–Trinajstić information content (AvgIpc) is 2.96. The number of aliphatic hydroxyl groups excluding tert-OH is 1. The molecule has 0 spiro atoms. The van der Waals surface area contributed by atoms with E-state index in [0.717, 1.165) is 0 Å². The number of hydrogen-bond donors (Lipinski definition) is 4. The van der Waals surface area contributed by atoms with Crippen LogP contribution >= 0.6 is 0 Å². The van der Waals surface area contributed by atoms with Crippen LogP contribution in [0.4, 0.5) is 26.7 Å². The van der Waals surface area contributed by atoms with E-state index in [0.29, 0.717) is 33.9 Å². The molecule has 0 bridgehead atoms. The second kappa shape index (κ2) is 16.0. The van der Waals surface area contributed by atoms with E-state index in [1.54, 1.807) is 79.8 Å². The fraction of sp³-hybridized carbons (Fsp3) is 0.133. The van der Waals surface area contributed by atoms with Crippen molar-refractivity contribution in [2.24, 2.45) is 0 Å². The summed E-state index contributed by atoms with van der Waals surface area (Å²) in [6, 6.07) is 18.9. The molecule has 12 nitrogen and oxygen atoms in total. The lowest BCUT2D eigenvalue weighted by molar-refractivity contribution is -0.384. The number of carbonyl (C=O) groups excluding carboxylic acids is 2. The summed E-state index contributed by atoms with van der Waals surface area (Å²) in [6.07, 6.45) is 3.71. The Morgan fingerprint density at radius 3 is 2.48 bits per heavy atom. The number of hydrogen-bond acceptors (Lipinski definition) is 9. The van der Waals surface area contributed by atoms with Crippen LogP contribution in [-0.2, 0) is 16.1 Å². The number of aliphatic hydroxyl groups is 1. The number of allylic oxidation sites excluding steroid dienone is 3. The second-order valence-corrected chi connectivity index (χ2v) is 8.57. The van der Waals surface area contributed by atoms with Gasteiger partial charge in [0, 0.05) is 23.5 Å². The molecule has 0 heterocycles. The molecule has 0 radical (unpaired) electrons. The number of nitrogens with zero attached hydrogens (tertiary/aromatic N) is 1. The molecule has 3 rings (SSSR count). The summed E-state index contributed by atoms with van der Waals surface area (Å²) in [4.78, 5) is 34.8. The van der Waals surface area contributed by atoms with Crippen LogP contribution in [0.5, 0.6) is 5.75 Å². The van der Waals surface area contributed by atoms with Crippen LogP contribution < -0.4 is 20.7 Å². The van der Waals surface area contributed by atoms with E-state index >= 15 is 0 Å². The minimum Gasteiger partial charge on any atom is -0.445 e. The summed E-state index contributed by atoms with van der Waals surface area (Å²) in [7, 11) is 0. The normalized spacial score (nSPS) is 11.8. The molecule has 0 aliphatic rings. The molecular formula is C30H30N4O8. The molecular weight excluding hydrogens is 544 g/mol. The molecule has 218 valence electrons. The van der Waals surface area contributed by atoms with Crippen LogP contribution in [0.2, 0.25) is 0 Å². The van der Waals surface area contributed by atoms with Crippen molar-refractivity contribution in [2.75, 3.05) is 17.2 Å². The summed E-state index contributed by atoms with van der Waals surface area (Å²) < 4.78 is 15.9. The lowest BCUT2D eigenvalue weighted by Gasteiger charge is -2.16. The zero-order valence-electron chi connectivity index (χ0n) is 22.7. The number of benzene rings is 3. The first kappa shape index (κ1) is 31.1. The van der Waals surface area contributed by atoms with E-state index in [-0.39, 0.29) is 18.9 Å². The van der Waals surface area contributed by atoms with Gasteiger partial charge >= 0.3 is 12.2 Å². The van der Waals surface area contributed by atoms with Crippen LogP contribution in [-0.4, -0.2) is 35.2 Å².